The van der Waals surface area contributed by atoms with E-state index in [4.69, 9.17) is 9.47 Å². The number of ether oxygens (including phenoxy) is 2. The number of hydrogen-bond donors (Lipinski definition) is 0. The molecule has 0 bridgehead atoms. The molecule has 0 atom stereocenters. The Bertz CT molecular complexity index is 576. The summed E-state index contributed by atoms with van der Waals surface area (Å²) in [5.41, 5.74) is 1.42. The molecule has 19 heavy (non-hydrogen) atoms. The Morgan fingerprint density at radius 2 is 1.79 bits per heavy atom. The van der Waals surface area contributed by atoms with Crippen LogP contribution in [-0.2, 0) is 6.61 Å². The predicted octanol–water partition coefficient (Wildman–Crippen LogP) is 2.93. The molecule has 1 heterocycles. The smallest absolute Gasteiger partial charge is 0.159 e. The zero-order valence-electron chi connectivity index (χ0n) is 10.7. The molecule has 0 saturated heterocycles. The Morgan fingerprint density at radius 1 is 1.11 bits per heavy atom. The highest BCUT2D eigenvalue weighted by molar-refractivity contribution is 5.50. The molecule has 2 rings (SSSR count). The molecule has 2 aromatic rings. The van der Waals surface area contributed by atoms with E-state index in [1.165, 1.54) is 12.4 Å². The minimum absolute atomic E-state index is 0.382. The van der Waals surface area contributed by atoms with E-state index in [0.29, 0.717) is 30.3 Å². The minimum Gasteiger partial charge on any atom is -0.491 e. The lowest BCUT2D eigenvalue weighted by Crippen LogP contribution is -2.01. The van der Waals surface area contributed by atoms with E-state index in [1.54, 1.807) is 0 Å². The van der Waals surface area contributed by atoms with Gasteiger partial charge in [-0.3, -0.25) is 4.98 Å². The van der Waals surface area contributed by atoms with Gasteiger partial charge in [0.25, 0.3) is 0 Å². The number of aromatic nitrogens is 1. The van der Waals surface area contributed by atoms with Gasteiger partial charge in [0.05, 0.1) is 19.0 Å². The quantitative estimate of drug-likeness (QED) is 0.823. The molecule has 0 aliphatic rings. The van der Waals surface area contributed by atoms with Crippen molar-refractivity contribution in [1.82, 2.24) is 4.98 Å². The highest BCUT2D eigenvalue weighted by Gasteiger charge is 2.11. The Morgan fingerprint density at radius 3 is 2.42 bits per heavy atom. The monoisotopic (exact) mass is 254 g/mol. The summed E-state index contributed by atoms with van der Waals surface area (Å²) >= 11 is 0. The number of nitriles is 1. The molecule has 0 amide bonds. The van der Waals surface area contributed by atoms with Gasteiger partial charge in [0, 0.05) is 0 Å². The molecule has 0 saturated carbocycles. The molecule has 4 heteroatoms. The second-order valence-corrected chi connectivity index (χ2v) is 3.83. The lowest BCUT2D eigenvalue weighted by atomic mass is 10.2. The van der Waals surface area contributed by atoms with Crippen molar-refractivity contribution in [1.29, 1.82) is 5.26 Å². The van der Waals surface area contributed by atoms with Gasteiger partial charge in [-0.1, -0.05) is 30.3 Å². The van der Waals surface area contributed by atoms with Crippen LogP contribution in [0.15, 0.2) is 42.7 Å². The highest BCUT2D eigenvalue weighted by Crippen LogP contribution is 2.26. The first-order chi connectivity index (χ1) is 9.35. The van der Waals surface area contributed by atoms with Crippen LogP contribution in [0.2, 0.25) is 0 Å². The van der Waals surface area contributed by atoms with Crippen LogP contribution in [0, 0.1) is 11.3 Å². The molecule has 96 valence electrons. The van der Waals surface area contributed by atoms with Crippen LogP contribution in [0.1, 0.15) is 18.1 Å². The second kappa shape index (κ2) is 6.41. The van der Waals surface area contributed by atoms with Crippen LogP contribution in [0.5, 0.6) is 11.5 Å². The number of pyridine rings is 1. The molecule has 4 nitrogen and oxygen atoms in total. The largest absolute Gasteiger partial charge is 0.491 e. The molecule has 1 aromatic carbocycles. The summed E-state index contributed by atoms with van der Waals surface area (Å²) < 4.78 is 11.0. The van der Waals surface area contributed by atoms with Gasteiger partial charge in [0.15, 0.2) is 11.5 Å². The lowest BCUT2D eigenvalue weighted by molar-refractivity contribution is 0.296. The van der Waals surface area contributed by atoms with Crippen molar-refractivity contribution >= 4 is 0 Å². The van der Waals surface area contributed by atoms with E-state index in [-0.39, 0.29) is 0 Å². The van der Waals surface area contributed by atoms with Crippen molar-refractivity contribution in [3.63, 3.8) is 0 Å². The molecule has 0 spiro atoms. The molecule has 0 radical (unpaired) electrons. The maximum absolute atomic E-state index is 9.19. The van der Waals surface area contributed by atoms with Gasteiger partial charge >= 0.3 is 0 Å². The first-order valence-corrected chi connectivity index (χ1v) is 6.02. The summed E-state index contributed by atoms with van der Waals surface area (Å²) in [5.74, 6) is 0.896. The van der Waals surface area contributed by atoms with Crippen molar-refractivity contribution in [2.75, 3.05) is 6.61 Å². The molecule has 0 unspecified atom stereocenters. The fourth-order valence-corrected chi connectivity index (χ4v) is 1.64. The Balaban J connectivity index is 2.16. The molecule has 0 aliphatic carbocycles. The number of nitrogens with zero attached hydrogens (tertiary/aromatic N) is 2. The number of hydrogen-bond acceptors (Lipinski definition) is 4. The van der Waals surface area contributed by atoms with Crippen LogP contribution in [0.3, 0.4) is 0 Å². The van der Waals surface area contributed by atoms with Gasteiger partial charge in [0.2, 0.25) is 0 Å². The molecular formula is C15H14N2O2. The Labute approximate surface area is 112 Å². The summed E-state index contributed by atoms with van der Waals surface area (Å²) in [4.78, 5) is 4.02. The fourth-order valence-electron chi connectivity index (χ4n) is 1.64. The summed E-state index contributed by atoms with van der Waals surface area (Å²) in [6.07, 6.45) is 3.06. The third-order valence-electron chi connectivity index (χ3n) is 2.53. The standard InChI is InChI=1S/C15H14N2O2/c1-2-18-14-9-17-10-15(13(14)8-16)19-11-12-6-4-3-5-7-12/h3-7,9-10H,2,11H2,1H3. The summed E-state index contributed by atoms with van der Waals surface area (Å²) in [6.45, 7) is 2.74. The summed E-state index contributed by atoms with van der Waals surface area (Å²) in [7, 11) is 0. The fraction of sp³-hybridized carbons (Fsp3) is 0.200. The van der Waals surface area contributed by atoms with E-state index in [2.05, 4.69) is 11.1 Å². The van der Waals surface area contributed by atoms with Gasteiger partial charge < -0.3 is 9.47 Å². The SMILES string of the molecule is CCOc1cncc(OCc2ccccc2)c1C#N. The maximum atomic E-state index is 9.19. The van der Waals surface area contributed by atoms with E-state index in [9.17, 15) is 5.26 Å². The van der Waals surface area contributed by atoms with E-state index >= 15 is 0 Å². The second-order valence-electron chi connectivity index (χ2n) is 3.83. The predicted molar refractivity (Wildman–Crippen MR) is 70.9 cm³/mol. The van der Waals surface area contributed by atoms with Gasteiger partial charge in [-0.05, 0) is 12.5 Å². The molecule has 0 N–H and O–H groups in total. The zero-order valence-corrected chi connectivity index (χ0v) is 10.7. The lowest BCUT2D eigenvalue weighted by Gasteiger charge is -2.10. The van der Waals surface area contributed by atoms with Crippen LogP contribution in [0.4, 0.5) is 0 Å². The van der Waals surface area contributed by atoms with Crippen LogP contribution < -0.4 is 9.47 Å². The van der Waals surface area contributed by atoms with Crippen LogP contribution >= 0.6 is 0 Å². The first kappa shape index (κ1) is 12.9. The van der Waals surface area contributed by atoms with Gasteiger partial charge in [-0.15, -0.1) is 0 Å². The minimum atomic E-state index is 0.382. The Kier molecular flexibility index (Phi) is 4.35. The van der Waals surface area contributed by atoms with E-state index in [1.807, 2.05) is 37.3 Å². The number of benzene rings is 1. The zero-order chi connectivity index (χ0) is 13.5. The number of rotatable bonds is 5. The van der Waals surface area contributed by atoms with E-state index in [0.717, 1.165) is 5.56 Å². The average molecular weight is 254 g/mol. The highest BCUT2D eigenvalue weighted by atomic mass is 16.5. The third-order valence-corrected chi connectivity index (χ3v) is 2.53. The summed E-state index contributed by atoms with van der Waals surface area (Å²) in [6, 6.07) is 11.9. The topological polar surface area (TPSA) is 55.1 Å². The van der Waals surface area contributed by atoms with Crippen LogP contribution in [0.25, 0.3) is 0 Å². The van der Waals surface area contributed by atoms with Gasteiger partial charge in [-0.2, -0.15) is 5.26 Å². The molecule has 0 fully saturated rings. The normalized spacial score (nSPS) is 9.68. The molecule has 0 aliphatic heterocycles. The van der Waals surface area contributed by atoms with E-state index < -0.39 is 0 Å². The molecular weight excluding hydrogens is 240 g/mol. The van der Waals surface area contributed by atoms with Crippen molar-refractivity contribution in [3.8, 4) is 17.6 Å². The van der Waals surface area contributed by atoms with Gasteiger partial charge in [-0.25, -0.2) is 0 Å². The maximum Gasteiger partial charge on any atom is 0.159 e. The van der Waals surface area contributed by atoms with Crippen molar-refractivity contribution in [2.45, 2.75) is 13.5 Å². The van der Waals surface area contributed by atoms with Crippen molar-refractivity contribution < 1.29 is 9.47 Å². The van der Waals surface area contributed by atoms with Crippen molar-refractivity contribution in [2.24, 2.45) is 0 Å². The van der Waals surface area contributed by atoms with Crippen LogP contribution in [-0.4, -0.2) is 11.6 Å². The van der Waals surface area contributed by atoms with Crippen molar-refractivity contribution in [3.05, 3.63) is 53.9 Å². The third kappa shape index (κ3) is 3.23. The summed E-state index contributed by atoms with van der Waals surface area (Å²) in [5, 5.41) is 9.19. The van der Waals surface area contributed by atoms with Gasteiger partial charge in [0.1, 0.15) is 18.2 Å². The Hall–Kier alpha value is -2.54. The average Bonchev–Trinajstić information content (AvgIpc) is 2.46. The molecule has 1 aromatic heterocycles. The first-order valence-electron chi connectivity index (χ1n) is 6.02.